The van der Waals surface area contributed by atoms with Gasteiger partial charge in [-0.1, -0.05) is 46.3 Å². The molecule has 1 saturated carbocycles. The van der Waals surface area contributed by atoms with Gasteiger partial charge in [0.15, 0.2) is 0 Å². The van der Waals surface area contributed by atoms with Gasteiger partial charge in [0.25, 0.3) is 0 Å². The minimum absolute atomic E-state index is 0.113. The predicted octanol–water partition coefficient (Wildman–Crippen LogP) is 3.80. The third kappa shape index (κ3) is 7.99. The van der Waals surface area contributed by atoms with Gasteiger partial charge < -0.3 is 20.1 Å². The molecule has 0 aromatic heterocycles. The Labute approximate surface area is 191 Å². The molecule has 6 nitrogen and oxygen atoms in total. The third-order valence-corrected chi connectivity index (χ3v) is 5.65. The maximum atomic E-state index is 12.4. The van der Waals surface area contributed by atoms with Crippen LogP contribution in [-0.2, 0) is 14.3 Å². The molecule has 1 aliphatic rings. The van der Waals surface area contributed by atoms with E-state index in [9.17, 15) is 9.59 Å². The van der Waals surface area contributed by atoms with Gasteiger partial charge in [-0.25, -0.2) is 0 Å². The zero-order valence-corrected chi connectivity index (χ0v) is 19.3. The predicted molar refractivity (Wildman–Crippen MR) is 123 cm³/mol. The molecule has 0 heterocycles. The maximum Gasteiger partial charge on any atom is 0.307 e. The quantitative estimate of drug-likeness (QED) is 0.351. The molecule has 1 fully saturated rings. The van der Waals surface area contributed by atoms with Crippen LogP contribution in [-0.4, -0.2) is 43.7 Å². The first-order valence-corrected chi connectivity index (χ1v) is 11.5. The van der Waals surface area contributed by atoms with Crippen molar-refractivity contribution in [2.45, 2.75) is 44.2 Å². The fraction of sp³-hybridized carbons (Fsp3) is 0.417. The van der Waals surface area contributed by atoms with E-state index < -0.39 is 0 Å². The van der Waals surface area contributed by atoms with Crippen molar-refractivity contribution in [2.75, 3.05) is 19.8 Å². The molecule has 0 spiro atoms. The lowest BCUT2D eigenvalue weighted by molar-refractivity contribution is -0.143. The highest BCUT2D eigenvalue weighted by molar-refractivity contribution is 9.10. The zero-order valence-electron chi connectivity index (χ0n) is 17.7. The molecular formula is C24H29BrN2O4. The standard InChI is InChI=1S/C24H29BrN2O4/c1-2-30-24(29)15-19(27-22-16-21(22)17-6-4-3-5-7-17)14-23(28)26-12-13-31-20-10-8-18(25)9-11-20/h3-11,19,21-22,27H,2,12-16H2,1H3,(H,26,28)/t19?,21-,22+/m0/s1. The Balaban J connectivity index is 1.44. The van der Waals surface area contributed by atoms with Crippen LogP contribution >= 0.6 is 15.9 Å². The summed E-state index contributed by atoms with van der Waals surface area (Å²) < 4.78 is 11.7. The second-order valence-electron chi connectivity index (χ2n) is 7.59. The average Bonchev–Trinajstić information content (AvgIpc) is 3.52. The van der Waals surface area contributed by atoms with E-state index in [2.05, 4.69) is 38.7 Å². The second kappa shape index (κ2) is 11.9. The Bertz CT molecular complexity index is 844. The summed E-state index contributed by atoms with van der Waals surface area (Å²) in [5, 5.41) is 6.36. The third-order valence-electron chi connectivity index (χ3n) is 5.12. The van der Waals surface area contributed by atoms with E-state index in [1.165, 1.54) is 5.56 Å². The molecule has 166 valence electrons. The largest absolute Gasteiger partial charge is 0.492 e. The summed E-state index contributed by atoms with van der Waals surface area (Å²) in [5.41, 5.74) is 1.28. The monoisotopic (exact) mass is 488 g/mol. The molecule has 0 radical (unpaired) electrons. The van der Waals surface area contributed by atoms with E-state index >= 15 is 0 Å². The number of amides is 1. The number of halogens is 1. The Morgan fingerprint density at radius 3 is 2.55 bits per heavy atom. The van der Waals surface area contributed by atoms with E-state index in [0.717, 1.165) is 16.6 Å². The lowest BCUT2D eigenvalue weighted by atomic mass is 10.1. The number of ether oxygens (including phenoxy) is 2. The van der Waals surface area contributed by atoms with Crippen LogP contribution in [0.1, 0.15) is 37.7 Å². The molecule has 2 aromatic rings. The van der Waals surface area contributed by atoms with Crippen LogP contribution in [0.15, 0.2) is 59.1 Å². The van der Waals surface area contributed by atoms with Gasteiger partial charge in [-0.2, -0.15) is 0 Å². The summed E-state index contributed by atoms with van der Waals surface area (Å²) in [6, 6.07) is 17.8. The van der Waals surface area contributed by atoms with Crippen LogP contribution in [0.3, 0.4) is 0 Å². The van der Waals surface area contributed by atoms with Crippen LogP contribution in [0.25, 0.3) is 0 Å². The Kier molecular flexibility index (Phi) is 8.91. The number of carbonyl (C=O) groups excluding carboxylic acids is 2. The fourth-order valence-corrected chi connectivity index (χ4v) is 3.81. The minimum Gasteiger partial charge on any atom is -0.492 e. The second-order valence-corrected chi connectivity index (χ2v) is 8.50. The molecule has 7 heteroatoms. The Hall–Kier alpha value is -2.38. The SMILES string of the molecule is CCOC(=O)CC(CC(=O)NCCOc1ccc(Br)cc1)N[C@@H]1C[C@H]1c1ccccc1. The highest BCUT2D eigenvalue weighted by Gasteiger charge is 2.39. The number of hydrogen-bond acceptors (Lipinski definition) is 5. The van der Waals surface area contributed by atoms with Gasteiger partial charge in [0, 0.05) is 28.9 Å². The summed E-state index contributed by atoms with van der Waals surface area (Å²) in [7, 11) is 0. The zero-order chi connectivity index (χ0) is 22.1. The molecule has 1 aliphatic carbocycles. The van der Waals surface area contributed by atoms with E-state index in [1.54, 1.807) is 6.92 Å². The van der Waals surface area contributed by atoms with Crippen molar-refractivity contribution in [3.63, 3.8) is 0 Å². The first-order valence-electron chi connectivity index (χ1n) is 10.7. The number of esters is 1. The molecule has 2 N–H and O–H groups in total. The molecular weight excluding hydrogens is 460 g/mol. The van der Waals surface area contributed by atoms with Crippen LogP contribution in [0.2, 0.25) is 0 Å². The highest BCUT2D eigenvalue weighted by Crippen LogP contribution is 2.41. The summed E-state index contributed by atoms with van der Waals surface area (Å²) in [6.07, 6.45) is 1.40. The first kappa shape index (κ1) is 23.3. The minimum atomic E-state index is -0.289. The van der Waals surface area contributed by atoms with Crippen molar-refractivity contribution in [3.05, 3.63) is 64.6 Å². The van der Waals surface area contributed by atoms with E-state index in [1.807, 2.05) is 42.5 Å². The van der Waals surface area contributed by atoms with Gasteiger partial charge in [-0.3, -0.25) is 9.59 Å². The van der Waals surface area contributed by atoms with Crippen molar-refractivity contribution in [3.8, 4) is 5.75 Å². The molecule has 1 amide bonds. The smallest absolute Gasteiger partial charge is 0.307 e. The molecule has 3 atom stereocenters. The Morgan fingerprint density at radius 2 is 1.84 bits per heavy atom. The van der Waals surface area contributed by atoms with E-state index in [0.29, 0.717) is 25.7 Å². The number of carbonyl (C=O) groups is 2. The number of rotatable bonds is 12. The summed E-state index contributed by atoms with van der Waals surface area (Å²) in [4.78, 5) is 24.4. The lowest BCUT2D eigenvalue weighted by Gasteiger charge is -2.18. The lowest BCUT2D eigenvalue weighted by Crippen LogP contribution is -2.40. The molecule has 2 aromatic carbocycles. The van der Waals surface area contributed by atoms with Gasteiger partial charge in [0.1, 0.15) is 12.4 Å². The molecule has 0 aliphatic heterocycles. The summed E-state index contributed by atoms with van der Waals surface area (Å²) in [6.45, 7) is 2.89. The first-order chi connectivity index (χ1) is 15.0. The topological polar surface area (TPSA) is 76.7 Å². The molecule has 1 unspecified atom stereocenters. The van der Waals surface area contributed by atoms with Crippen LogP contribution in [0.5, 0.6) is 5.75 Å². The molecule has 0 bridgehead atoms. The molecule has 0 saturated heterocycles. The summed E-state index contributed by atoms with van der Waals surface area (Å²) >= 11 is 3.38. The highest BCUT2D eigenvalue weighted by atomic mass is 79.9. The van der Waals surface area contributed by atoms with Gasteiger partial charge in [0.2, 0.25) is 5.91 Å². The van der Waals surface area contributed by atoms with Crippen molar-refractivity contribution >= 4 is 27.8 Å². The van der Waals surface area contributed by atoms with E-state index in [-0.39, 0.29) is 36.8 Å². The van der Waals surface area contributed by atoms with Crippen LogP contribution in [0.4, 0.5) is 0 Å². The number of benzene rings is 2. The Morgan fingerprint density at radius 1 is 1.10 bits per heavy atom. The molecule has 31 heavy (non-hydrogen) atoms. The van der Waals surface area contributed by atoms with Crippen molar-refractivity contribution in [2.24, 2.45) is 0 Å². The van der Waals surface area contributed by atoms with Crippen molar-refractivity contribution in [1.29, 1.82) is 0 Å². The van der Waals surface area contributed by atoms with Gasteiger partial charge >= 0.3 is 5.97 Å². The van der Waals surface area contributed by atoms with Crippen LogP contribution < -0.4 is 15.4 Å². The number of nitrogens with one attached hydrogen (secondary N) is 2. The number of hydrogen-bond donors (Lipinski definition) is 2. The van der Waals surface area contributed by atoms with Gasteiger partial charge in [-0.05, 0) is 43.2 Å². The van der Waals surface area contributed by atoms with Gasteiger partial charge in [-0.15, -0.1) is 0 Å². The maximum absolute atomic E-state index is 12.4. The van der Waals surface area contributed by atoms with Crippen LogP contribution in [0, 0.1) is 0 Å². The normalized spacial score (nSPS) is 18.1. The van der Waals surface area contributed by atoms with Crippen molar-refractivity contribution in [1.82, 2.24) is 10.6 Å². The summed E-state index contributed by atoms with van der Waals surface area (Å²) in [5.74, 6) is 0.773. The van der Waals surface area contributed by atoms with Crippen molar-refractivity contribution < 1.29 is 19.1 Å². The molecule has 3 rings (SSSR count). The fourth-order valence-electron chi connectivity index (χ4n) is 3.55. The van der Waals surface area contributed by atoms with E-state index in [4.69, 9.17) is 9.47 Å². The van der Waals surface area contributed by atoms with Gasteiger partial charge in [0.05, 0.1) is 19.6 Å². The average molecular weight is 489 g/mol.